The summed E-state index contributed by atoms with van der Waals surface area (Å²) in [4.78, 5) is 0.174. The lowest BCUT2D eigenvalue weighted by Crippen LogP contribution is -2.53. The molecule has 0 saturated carbocycles. The van der Waals surface area contributed by atoms with Crippen molar-refractivity contribution in [1.82, 2.24) is 8.61 Å². The quantitative estimate of drug-likeness (QED) is 0.716. The Morgan fingerprint density at radius 2 is 1.52 bits per heavy atom. The number of benzene rings is 2. The van der Waals surface area contributed by atoms with Crippen molar-refractivity contribution >= 4 is 20.9 Å². The molecule has 2 fully saturated rings. The zero-order valence-electron chi connectivity index (χ0n) is 15.6. The van der Waals surface area contributed by atoms with E-state index in [9.17, 15) is 16.8 Å². The van der Waals surface area contributed by atoms with Crippen molar-refractivity contribution in [3.63, 3.8) is 0 Å². The third-order valence-electron chi connectivity index (χ3n) is 5.29. The second kappa shape index (κ2) is 8.04. The largest absolute Gasteiger partial charge is 0.457 e. The molecule has 0 unspecified atom stereocenters. The number of nitrogens with zero attached hydrogens (tertiary/aromatic N) is 2. The van der Waals surface area contributed by atoms with Crippen LogP contribution < -0.4 is 4.74 Å². The second-order valence-electron chi connectivity index (χ2n) is 6.95. The fourth-order valence-corrected chi connectivity index (χ4v) is 6.00. The van der Waals surface area contributed by atoms with Crippen molar-refractivity contribution < 1.29 is 26.3 Å². The maximum atomic E-state index is 13.0. The van der Waals surface area contributed by atoms with Gasteiger partial charge in [0.2, 0.25) is 20.9 Å². The summed E-state index contributed by atoms with van der Waals surface area (Å²) in [7, 11) is -6.44. The topological polar surface area (TPSA) is 93.2 Å². The fraction of sp³-hybridized carbons (Fsp3) is 0.368. The number of rotatable bonds is 5. The van der Waals surface area contributed by atoms with Crippen LogP contribution in [0.2, 0.25) is 0 Å². The summed E-state index contributed by atoms with van der Waals surface area (Å²) in [6.45, 7) is 1.04. The molecule has 4 rings (SSSR count). The van der Waals surface area contributed by atoms with E-state index >= 15 is 0 Å². The zero-order chi connectivity index (χ0) is 20.5. The third-order valence-corrected chi connectivity index (χ3v) is 8.16. The molecule has 29 heavy (non-hydrogen) atoms. The second-order valence-corrected chi connectivity index (χ2v) is 9.84. The molecule has 2 saturated heterocycles. The van der Waals surface area contributed by atoms with Crippen LogP contribution >= 0.6 is 0 Å². The van der Waals surface area contributed by atoms with E-state index in [2.05, 4.69) is 0 Å². The molecule has 0 atom stereocenters. The monoisotopic (exact) mass is 438 g/mol. The van der Waals surface area contributed by atoms with Crippen LogP contribution in [-0.2, 0) is 25.7 Å². The molecular formula is C19H22N2O6S2. The van der Waals surface area contributed by atoms with Crippen molar-refractivity contribution in [3.05, 3.63) is 54.6 Å². The van der Waals surface area contributed by atoms with E-state index in [1.54, 1.807) is 12.1 Å². The molecular weight excluding hydrogens is 416 g/mol. The highest BCUT2D eigenvalue weighted by molar-refractivity contribution is 7.89. The Kier molecular flexibility index (Phi) is 5.63. The Labute approximate surface area is 171 Å². The average molecular weight is 439 g/mol. The summed E-state index contributed by atoms with van der Waals surface area (Å²) in [5.74, 6) is 1.21. The van der Waals surface area contributed by atoms with E-state index < -0.39 is 26.6 Å². The van der Waals surface area contributed by atoms with Crippen LogP contribution in [0.1, 0.15) is 12.8 Å². The van der Waals surface area contributed by atoms with E-state index in [0.29, 0.717) is 37.5 Å². The van der Waals surface area contributed by atoms with Gasteiger partial charge in [0.15, 0.2) is 0 Å². The number of thiol groups is 1. The van der Waals surface area contributed by atoms with Crippen LogP contribution in [0.15, 0.2) is 59.5 Å². The molecule has 156 valence electrons. The van der Waals surface area contributed by atoms with Gasteiger partial charge in [-0.3, -0.25) is 0 Å². The van der Waals surface area contributed by atoms with Crippen LogP contribution in [0.5, 0.6) is 11.5 Å². The Morgan fingerprint density at radius 3 is 2.14 bits per heavy atom. The summed E-state index contributed by atoms with van der Waals surface area (Å²) in [5, 5.41) is 0. The Morgan fingerprint density at radius 1 is 0.897 bits per heavy atom. The number of sulfonamides is 1. The first-order chi connectivity index (χ1) is 13.9. The summed E-state index contributed by atoms with van der Waals surface area (Å²) in [5.41, 5.74) is -0.908. The molecule has 0 amide bonds. The average Bonchev–Trinajstić information content (AvgIpc) is 3.13. The highest BCUT2D eigenvalue weighted by Gasteiger charge is 2.48. The molecule has 2 heterocycles. The molecule has 8 nitrogen and oxygen atoms in total. The molecule has 2 aromatic carbocycles. The molecule has 2 aromatic rings. The Bertz CT molecular complexity index is 1020. The van der Waals surface area contributed by atoms with E-state index in [1.165, 1.54) is 20.7 Å². The molecule has 2 aliphatic heterocycles. The van der Waals surface area contributed by atoms with Gasteiger partial charge in [-0.05, 0) is 36.4 Å². The van der Waals surface area contributed by atoms with Crippen molar-refractivity contribution in [3.8, 4) is 11.5 Å². The first-order valence-corrected chi connectivity index (χ1v) is 11.9. The minimum atomic E-state index is -3.68. The van der Waals surface area contributed by atoms with Gasteiger partial charge in [0.1, 0.15) is 17.2 Å². The van der Waals surface area contributed by atoms with E-state index in [0.717, 1.165) is 0 Å². The SMILES string of the molecule is O=[SH](=O)N1CCOC12CCN(S(=O)(=O)c1ccc(Oc3ccccc3)cc1)CC2. The summed E-state index contributed by atoms with van der Waals surface area (Å²) >= 11 is 0. The highest BCUT2D eigenvalue weighted by Crippen LogP contribution is 2.36. The van der Waals surface area contributed by atoms with Gasteiger partial charge in [0.05, 0.1) is 11.5 Å². The molecule has 0 N–H and O–H groups in total. The number of piperidine rings is 1. The van der Waals surface area contributed by atoms with E-state index in [1.807, 2.05) is 30.3 Å². The smallest absolute Gasteiger partial charge is 0.243 e. The lowest BCUT2D eigenvalue weighted by atomic mass is 10.0. The van der Waals surface area contributed by atoms with E-state index in [4.69, 9.17) is 9.47 Å². The van der Waals surface area contributed by atoms with Gasteiger partial charge in [-0.25, -0.2) is 16.8 Å². The number of hydrogen-bond acceptors (Lipinski definition) is 6. The van der Waals surface area contributed by atoms with Gasteiger partial charge < -0.3 is 9.47 Å². The van der Waals surface area contributed by atoms with Crippen molar-refractivity contribution in [2.24, 2.45) is 0 Å². The molecule has 2 aliphatic rings. The minimum absolute atomic E-state index is 0.174. The molecule has 1 spiro atoms. The zero-order valence-corrected chi connectivity index (χ0v) is 17.3. The van der Waals surface area contributed by atoms with Crippen LogP contribution in [0.25, 0.3) is 0 Å². The Balaban J connectivity index is 1.45. The van der Waals surface area contributed by atoms with Gasteiger partial charge in [0.25, 0.3) is 0 Å². The standard InChI is InChI=1S/C19H22N2O6S2/c22-28(23)21-14-15-26-19(21)10-12-20(13-11-19)29(24,25)18-8-6-17(7-9-18)27-16-4-2-1-3-5-16/h1-9,28H,10-15H2. The van der Waals surface area contributed by atoms with Crippen molar-refractivity contribution in [2.75, 3.05) is 26.2 Å². The van der Waals surface area contributed by atoms with Crippen molar-refractivity contribution in [1.29, 1.82) is 0 Å². The Hall–Kier alpha value is -1.98. The maximum absolute atomic E-state index is 13.0. The van der Waals surface area contributed by atoms with Crippen molar-refractivity contribution in [2.45, 2.75) is 23.5 Å². The number of para-hydroxylation sites is 1. The third kappa shape index (κ3) is 4.03. The molecule has 0 bridgehead atoms. The maximum Gasteiger partial charge on any atom is 0.243 e. The summed E-state index contributed by atoms with van der Waals surface area (Å²) in [6, 6.07) is 15.5. The number of ether oxygens (including phenoxy) is 2. The number of hydrogen-bond donors (Lipinski definition) is 1. The summed E-state index contributed by atoms with van der Waals surface area (Å²) < 4.78 is 63.0. The first-order valence-electron chi connectivity index (χ1n) is 9.30. The van der Waals surface area contributed by atoms with Gasteiger partial charge in [-0.1, -0.05) is 18.2 Å². The minimum Gasteiger partial charge on any atom is -0.457 e. The van der Waals surface area contributed by atoms with E-state index in [-0.39, 0.29) is 18.0 Å². The van der Waals surface area contributed by atoms with Crippen LogP contribution in [-0.4, -0.2) is 57.4 Å². The molecule has 0 aliphatic carbocycles. The normalized spacial score (nSPS) is 20.3. The fourth-order valence-electron chi connectivity index (χ4n) is 3.76. The molecule has 10 heteroatoms. The van der Waals surface area contributed by atoms with Gasteiger partial charge in [-0.2, -0.15) is 8.61 Å². The predicted octanol–water partition coefficient (Wildman–Crippen LogP) is 1.82. The lowest BCUT2D eigenvalue weighted by Gasteiger charge is -2.40. The van der Waals surface area contributed by atoms with Crippen LogP contribution in [0, 0.1) is 0 Å². The van der Waals surface area contributed by atoms with Crippen LogP contribution in [0.3, 0.4) is 0 Å². The first kappa shape index (κ1) is 20.3. The molecule has 0 radical (unpaired) electrons. The lowest BCUT2D eigenvalue weighted by molar-refractivity contribution is -0.0795. The molecule has 0 aromatic heterocycles. The van der Waals surface area contributed by atoms with Crippen LogP contribution in [0.4, 0.5) is 0 Å². The van der Waals surface area contributed by atoms with Gasteiger partial charge in [-0.15, -0.1) is 0 Å². The van der Waals surface area contributed by atoms with Gasteiger partial charge >= 0.3 is 0 Å². The predicted molar refractivity (Wildman–Crippen MR) is 107 cm³/mol. The summed E-state index contributed by atoms with van der Waals surface area (Å²) in [6.07, 6.45) is 0.621. The highest BCUT2D eigenvalue weighted by atomic mass is 32.2. The van der Waals surface area contributed by atoms with Gasteiger partial charge in [0, 0.05) is 32.5 Å².